The molecule has 4 heterocycles. The monoisotopic (exact) mass is 377 g/mol. The van der Waals surface area contributed by atoms with Crippen LogP contribution < -0.4 is 0 Å². The summed E-state index contributed by atoms with van der Waals surface area (Å²) >= 11 is 0. The van der Waals surface area contributed by atoms with Crippen LogP contribution in [0.1, 0.15) is 54.2 Å². The lowest BCUT2D eigenvalue weighted by Crippen LogP contribution is -2.28. The molecule has 4 rings (SSSR count). The van der Waals surface area contributed by atoms with Crippen LogP contribution in [0.3, 0.4) is 0 Å². The molecule has 1 fully saturated rings. The van der Waals surface area contributed by atoms with Crippen molar-refractivity contribution >= 4 is 11.4 Å². The number of rotatable bonds is 6. The van der Waals surface area contributed by atoms with E-state index in [-0.39, 0.29) is 11.9 Å². The van der Waals surface area contributed by atoms with Crippen LogP contribution in [0.15, 0.2) is 48.8 Å². The van der Waals surface area contributed by atoms with Gasteiger partial charge in [0.15, 0.2) is 5.69 Å². The molecule has 0 aliphatic carbocycles. The van der Waals surface area contributed by atoms with E-state index in [0.717, 1.165) is 55.9 Å². The minimum Gasteiger partial charge on any atom is -0.340 e. The van der Waals surface area contributed by atoms with E-state index in [0.29, 0.717) is 5.69 Å². The highest BCUT2D eigenvalue weighted by molar-refractivity contribution is 5.99. The Morgan fingerprint density at radius 3 is 2.89 bits per heavy atom. The van der Waals surface area contributed by atoms with E-state index in [9.17, 15) is 4.79 Å². The molecule has 1 atom stereocenters. The summed E-state index contributed by atoms with van der Waals surface area (Å²) in [5, 5.41) is 0. The van der Waals surface area contributed by atoms with Crippen molar-refractivity contribution < 1.29 is 4.79 Å². The van der Waals surface area contributed by atoms with Gasteiger partial charge in [0, 0.05) is 32.5 Å². The van der Waals surface area contributed by atoms with Gasteiger partial charge in [0.2, 0.25) is 0 Å². The van der Waals surface area contributed by atoms with E-state index in [1.54, 1.807) is 4.90 Å². The van der Waals surface area contributed by atoms with Crippen LogP contribution in [0, 0.1) is 0 Å². The standard InChI is InChI=1S/C22H27N5O/c1-3-13-25(2)22(28)20-18-10-5-7-15-27(18)21(24-20)19-11-8-14-26(19)16-17-9-4-6-12-23-17/h4-7,9-10,12,15,19H,3,8,11,13-14,16H2,1-2H3. The molecule has 1 aliphatic rings. The third-order valence-electron chi connectivity index (χ3n) is 5.44. The summed E-state index contributed by atoms with van der Waals surface area (Å²) in [5.41, 5.74) is 2.50. The van der Waals surface area contributed by atoms with Gasteiger partial charge in [-0.3, -0.25) is 14.7 Å². The summed E-state index contributed by atoms with van der Waals surface area (Å²) in [6.45, 7) is 4.62. The van der Waals surface area contributed by atoms with Crippen LogP contribution >= 0.6 is 0 Å². The molecule has 3 aromatic heterocycles. The number of nitrogens with zero attached hydrogens (tertiary/aromatic N) is 5. The number of pyridine rings is 2. The number of carbonyl (C=O) groups excluding carboxylic acids is 1. The lowest BCUT2D eigenvalue weighted by molar-refractivity contribution is 0.0791. The van der Waals surface area contributed by atoms with Crippen molar-refractivity contribution in [2.75, 3.05) is 20.1 Å². The third kappa shape index (κ3) is 3.52. The summed E-state index contributed by atoms with van der Waals surface area (Å²) in [4.78, 5) is 26.5. The van der Waals surface area contributed by atoms with E-state index in [2.05, 4.69) is 27.3 Å². The molecular formula is C22H27N5O. The van der Waals surface area contributed by atoms with Gasteiger partial charge in [0.05, 0.1) is 17.3 Å². The summed E-state index contributed by atoms with van der Waals surface area (Å²) in [7, 11) is 1.85. The number of imidazole rings is 1. The molecule has 0 aromatic carbocycles. The Morgan fingerprint density at radius 1 is 1.25 bits per heavy atom. The Bertz CT molecular complexity index is 952. The maximum absolute atomic E-state index is 13.0. The highest BCUT2D eigenvalue weighted by Crippen LogP contribution is 2.33. The topological polar surface area (TPSA) is 53.7 Å². The van der Waals surface area contributed by atoms with Gasteiger partial charge >= 0.3 is 0 Å². The first-order valence-corrected chi connectivity index (χ1v) is 10.1. The van der Waals surface area contributed by atoms with E-state index in [4.69, 9.17) is 4.98 Å². The highest BCUT2D eigenvalue weighted by Gasteiger charge is 2.31. The smallest absolute Gasteiger partial charge is 0.274 e. The molecule has 1 saturated heterocycles. The maximum atomic E-state index is 13.0. The summed E-state index contributed by atoms with van der Waals surface area (Å²) in [5.74, 6) is 0.948. The Kier molecular flexibility index (Phi) is 5.39. The van der Waals surface area contributed by atoms with Crippen molar-refractivity contribution in [3.63, 3.8) is 0 Å². The van der Waals surface area contributed by atoms with Gasteiger partial charge in [-0.05, 0) is 50.1 Å². The number of fused-ring (bicyclic) bond motifs is 1. The fraction of sp³-hybridized carbons (Fsp3) is 0.409. The van der Waals surface area contributed by atoms with Gasteiger partial charge in [-0.15, -0.1) is 0 Å². The van der Waals surface area contributed by atoms with Crippen LogP contribution in [0.4, 0.5) is 0 Å². The summed E-state index contributed by atoms with van der Waals surface area (Å²) in [6.07, 6.45) is 6.95. The normalized spacial score (nSPS) is 17.3. The van der Waals surface area contributed by atoms with E-state index in [1.807, 2.05) is 49.8 Å². The predicted octanol–water partition coefficient (Wildman–Crippen LogP) is 3.55. The highest BCUT2D eigenvalue weighted by atomic mass is 16.2. The summed E-state index contributed by atoms with van der Waals surface area (Å²) < 4.78 is 2.09. The second kappa shape index (κ2) is 8.10. The molecular weight excluding hydrogens is 350 g/mol. The molecule has 6 heteroatoms. The van der Waals surface area contributed by atoms with Crippen LogP contribution in [-0.2, 0) is 6.54 Å². The van der Waals surface area contributed by atoms with Crippen molar-refractivity contribution in [3.05, 3.63) is 66.0 Å². The first kappa shape index (κ1) is 18.6. The number of amides is 1. The van der Waals surface area contributed by atoms with Gasteiger partial charge in [-0.2, -0.15) is 0 Å². The average Bonchev–Trinajstić information content (AvgIpc) is 3.32. The van der Waals surface area contributed by atoms with Crippen LogP contribution in [-0.4, -0.2) is 50.2 Å². The zero-order valence-electron chi connectivity index (χ0n) is 16.6. The minimum absolute atomic E-state index is 0.00827. The van der Waals surface area contributed by atoms with Crippen molar-refractivity contribution in [2.24, 2.45) is 0 Å². The minimum atomic E-state index is -0.00827. The molecule has 1 amide bonds. The summed E-state index contributed by atoms with van der Waals surface area (Å²) in [6, 6.07) is 12.2. The van der Waals surface area contributed by atoms with Gasteiger partial charge < -0.3 is 9.30 Å². The second-order valence-electron chi connectivity index (χ2n) is 7.45. The average molecular weight is 377 g/mol. The molecule has 146 valence electrons. The maximum Gasteiger partial charge on any atom is 0.274 e. The molecule has 0 radical (unpaired) electrons. The predicted molar refractivity (Wildman–Crippen MR) is 109 cm³/mol. The fourth-order valence-electron chi connectivity index (χ4n) is 4.08. The molecule has 0 spiro atoms. The quantitative estimate of drug-likeness (QED) is 0.659. The lowest BCUT2D eigenvalue weighted by Gasteiger charge is -2.23. The zero-order valence-corrected chi connectivity index (χ0v) is 16.6. The van der Waals surface area contributed by atoms with E-state index < -0.39 is 0 Å². The number of hydrogen-bond acceptors (Lipinski definition) is 4. The zero-order chi connectivity index (χ0) is 19.5. The fourth-order valence-corrected chi connectivity index (χ4v) is 4.08. The molecule has 0 saturated carbocycles. The molecule has 1 unspecified atom stereocenters. The van der Waals surface area contributed by atoms with Crippen molar-refractivity contribution in [2.45, 2.75) is 38.8 Å². The number of likely N-dealkylation sites (tertiary alicyclic amines) is 1. The Balaban J connectivity index is 1.69. The van der Waals surface area contributed by atoms with Crippen molar-refractivity contribution in [1.29, 1.82) is 0 Å². The Morgan fingerprint density at radius 2 is 2.11 bits per heavy atom. The van der Waals surface area contributed by atoms with E-state index >= 15 is 0 Å². The van der Waals surface area contributed by atoms with Crippen molar-refractivity contribution in [3.8, 4) is 0 Å². The van der Waals surface area contributed by atoms with Crippen LogP contribution in [0.2, 0.25) is 0 Å². The SMILES string of the molecule is CCCN(C)C(=O)c1nc(C2CCCN2Cc2ccccn2)n2ccccc12. The van der Waals surface area contributed by atoms with Gasteiger partial charge in [-0.1, -0.05) is 19.1 Å². The molecule has 6 nitrogen and oxygen atoms in total. The molecule has 0 bridgehead atoms. The second-order valence-corrected chi connectivity index (χ2v) is 7.45. The first-order valence-electron chi connectivity index (χ1n) is 10.1. The molecule has 28 heavy (non-hydrogen) atoms. The number of hydrogen-bond donors (Lipinski definition) is 0. The molecule has 3 aromatic rings. The Hall–Kier alpha value is -2.73. The molecule has 0 N–H and O–H groups in total. The number of aromatic nitrogens is 3. The van der Waals surface area contributed by atoms with Gasteiger partial charge in [0.25, 0.3) is 5.91 Å². The van der Waals surface area contributed by atoms with E-state index in [1.165, 1.54) is 0 Å². The van der Waals surface area contributed by atoms with Crippen molar-refractivity contribution in [1.82, 2.24) is 24.2 Å². The molecule has 1 aliphatic heterocycles. The van der Waals surface area contributed by atoms with Gasteiger partial charge in [-0.25, -0.2) is 4.98 Å². The van der Waals surface area contributed by atoms with Crippen LogP contribution in [0.25, 0.3) is 5.52 Å². The first-order chi connectivity index (χ1) is 13.7. The van der Waals surface area contributed by atoms with Gasteiger partial charge in [0.1, 0.15) is 5.82 Å². The Labute approximate surface area is 165 Å². The third-order valence-corrected chi connectivity index (χ3v) is 5.44. The number of carbonyl (C=O) groups is 1. The van der Waals surface area contributed by atoms with Crippen LogP contribution in [0.5, 0.6) is 0 Å². The lowest BCUT2D eigenvalue weighted by atomic mass is 10.2. The largest absolute Gasteiger partial charge is 0.340 e.